The van der Waals surface area contributed by atoms with Crippen molar-refractivity contribution in [1.29, 1.82) is 0 Å². The van der Waals surface area contributed by atoms with Crippen molar-refractivity contribution in [1.82, 2.24) is 5.32 Å². The summed E-state index contributed by atoms with van der Waals surface area (Å²) in [5.74, 6) is -0.547. The molecule has 0 bridgehead atoms. The summed E-state index contributed by atoms with van der Waals surface area (Å²) in [6, 6.07) is 0. The van der Waals surface area contributed by atoms with Crippen molar-refractivity contribution in [2.24, 2.45) is 0 Å². The minimum atomic E-state index is -4.42. The number of phosphoric ester groups is 1. The lowest BCUT2D eigenvalue weighted by Crippen LogP contribution is -2.27. The van der Waals surface area contributed by atoms with Crippen molar-refractivity contribution in [3.8, 4) is 0 Å². The minimum Gasteiger partial charge on any atom is -0.463 e. The van der Waals surface area contributed by atoms with E-state index in [0.717, 1.165) is 57.8 Å². The van der Waals surface area contributed by atoms with Gasteiger partial charge in [0.15, 0.2) is 0 Å². The Morgan fingerprint density at radius 3 is 1.57 bits per heavy atom. The predicted octanol–water partition coefficient (Wildman–Crippen LogP) is 11.5. The van der Waals surface area contributed by atoms with E-state index >= 15 is 0 Å². The van der Waals surface area contributed by atoms with Crippen LogP contribution in [0.5, 0.6) is 0 Å². The van der Waals surface area contributed by atoms with Crippen LogP contribution in [0.3, 0.4) is 0 Å². The van der Waals surface area contributed by atoms with Crippen molar-refractivity contribution in [3.63, 3.8) is 0 Å². The lowest BCUT2D eigenvalue weighted by atomic mass is 10.0. The van der Waals surface area contributed by atoms with Gasteiger partial charge >= 0.3 is 13.8 Å². The Morgan fingerprint density at radius 1 is 0.585 bits per heavy atom. The number of unbranched alkanes of at least 4 members (excludes halogenated alkanes) is 18. The molecule has 10 heteroatoms. The number of hydrogen-bond acceptors (Lipinski definition) is 7. The third-order valence-electron chi connectivity index (χ3n) is 8.76. The summed E-state index contributed by atoms with van der Waals surface area (Å²) in [7, 11) is -4.42. The highest BCUT2D eigenvalue weighted by Crippen LogP contribution is 2.42. The van der Waals surface area contributed by atoms with Gasteiger partial charge in [-0.15, -0.1) is 0 Å². The Hall–Kier alpha value is -2.03. The normalized spacial score (nSPS) is 13.8. The molecule has 3 N–H and O–H groups in total. The minimum absolute atomic E-state index is 0.0783. The number of nitrogens with one attached hydrogen (secondary N) is 1. The Morgan fingerprint density at radius 2 is 1.02 bits per heavy atom. The van der Waals surface area contributed by atoms with Crippen LogP contribution >= 0.6 is 7.82 Å². The average Bonchev–Trinajstić information content (AvgIpc) is 3.14. The number of esters is 1. The predicted molar refractivity (Wildman–Crippen MR) is 220 cm³/mol. The summed E-state index contributed by atoms with van der Waals surface area (Å²) in [5.41, 5.74) is 0. The first kappa shape index (κ1) is 51.0. The second-order valence-corrected chi connectivity index (χ2v) is 15.4. The summed E-state index contributed by atoms with van der Waals surface area (Å²) in [6.07, 6.45) is 44.6. The number of hydrogen-bond donors (Lipinski definition) is 3. The summed E-state index contributed by atoms with van der Waals surface area (Å²) in [5, 5.41) is 12.7. The molecule has 0 aliphatic heterocycles. The van der Waals surface area contributed by atoms with Crippen LogP contribution in [-0.2, 0) is 27.9 Å². The lowest BCUT2D eigenvalue weighted by molar-refractivity contribution is -0.147. The molecule has 2 atom stereocenters. The van der Waals surface area contributed by atoms with Crippen LogP contribution in [0.1, 0.15) is 181 Å². The zero-order chi connectivity index (χ0) is 38.9. The molecule has 308 valence electrons. The van der Waals surface area contributed by atoms with Gasteiger partial charge in [-0.25, -0.2) is 4.57 Å². The molecule has 0 saturated carbocycles. The maximum Gasteiger partial charge on any atom is 0.472 e. The fraction of sp³-hybridized carbons (Fsp3) is 0.767. The number of carbonyl (C=O) groups is 2. The topological polar surface area (TPSA) is 131 Å². The highest BCUT2D eigenvalue weighted by Gasteiger charge is 2.23. The largest absolute Gasteiger partial charge is 0.472 e. The van der Waals surface area contributed by atoms with Gasteiger partial charge in [0.25, 0.3) is 0 Å². The van der Waals surface area contributed by atoms with Gasteiger partial charge in [-0.05, 0) is 57.8 Å². The van der Waals surface area contributed by atoms with Crippen molar-refractivity contribution in [3.05, 3.63) is 48.6 Å². The summed E-state index contributed by atoms with van der Waals surface area (Å²) in [6.45, 7) is 3.48. The van der Waals surface area contributed by atoms with Gasteiger partial charge in [-0.1, -0.05) is 159 Å². The van der Waals surface area contributed by atoms with Gasteiger partial charge in [0.2, 0.25) is 5.91 Å². The van der Waals surface area contributed by atoms with Crippen LogP contribution in [0, 0.1) is 0 Å². The van der Waals surface area contributed by atoms with Crippen molar-refractivity contribution < 1.29 is 37.9 Å². The maximum absolute atomic E-state index is 12.1. The monoisotopic (exact) mass is 768 g/mol. The molecule has 0 aliphatic rings. The number of aliphatic hydroxyl groups is 1. The molecule has 0 radical (unpaired) electrons. The molecule has 1 amide bonds. The molecule has 0 aromatic rings. The first-order chi connectivity index (χ1) is 25.8. The number of allylic oxidation sites excluding steroid dienone is 8. The fourth-order valence-corrected chi connectivity index (χ4v) is 6.30. The maximum atomic E-state index is 12.1. The highest BCUT2D eigenvalue weighted by molar-refractivity contribution is 7.47. The van der Waals surface area contributed by atoms with Crippen LogP contribution in [0.15, 0.2) is 48.6 Å². The van der Waals surface area contributed by atoms with Gasteiger partial charge < -0.3 is 20.1 Å². The molecular weight excluding hydrogens is 689 g/mol. The van der Waals surface area contributed by atoms with Gasteiger partial charge in [0.1, 0.15) is 12.7 Å². The van der Waals surface area contributed by atoms with E-state index in [0.29, 0.717) is 12.8 Å². The molecule has 0 rings (SSSR count). The number of phosphoric acid groups is 1. The molecule has 0 fully saturated rings. The molecule has 0 heterocycles. The standard InChI is InChI=1S/C43H78NO8P/c1-3-5-7-9-11-13-15-17-18-19-20-21-22-24-26-28-30-32-34-36-43(47)50-39-41(45)40-52-53(48,49)51-38-37-44-42(46)35-33-31-29-27-25-23-16-14-12-10-8-6-4-2/h11,13,17-18,20-21,24,26,41,45H,3-10,12,14-16,19,22-23,25,27-40H2,1-2H3,(H,44,46)(H,48,49)/b13-11-,18-17-,21-20-,26-24-. The first-order valence-corrected chi connectivity index (χ1v) is 22.6. The van der Waals surface area contributed by atoms with Crippen LogP contribution in [-0.4, -0.2) is 54.3 Å². The molecule has 0 aromatic carbocycles. The SMILES string of the molecule is CCCCC/C=C\C/C=C\C/C=C\C/C=C\CCCCCC(=O)OCC(O)COP(=O)(O)OCCNC(=O)CCCCCCCCCCCCCCC. The van der Waals surface area contributed by atoms with E-state index in [1.54, 1.807) is 0 Å². The Labute approximate surface area is 324 Å². The van der Waals surface area contributed by atoms with Crippen LogP contribution in [0.4, 0.5) is 0 Å². The third kappa shape index (κ3) is 41.0. The van der Waals surface area contributed by atoms with Crippen molar-refractivity contribution in [2.75, 3.05) is 26.4 Å². The first-order valence-electron chi connectivity index (χ1n) is 21.1. The van der Waals surface area contributed by atoms with E-state index in [1.807, 2.05) is 0 Å². The highest BCUT2D eigenvalue weighted by atomic mass is 31.2. The second kappa shape index (κ2) is 39.7. The Kier molecular flexibility index (Phi) is 38.1. The second-order valence-electron chi connectivity index (χ2n) is 14.0. The number of rotatable bonds is 39. The summed E-state index contributed by atoms with van der Waals surface area (Å²) in [4.78, 5) is 33.8. The van der Waals surface area contributed by atoms with Gasteiger partial charge in [-0.2, -0.15) is 0 Å². The Bertz CT molecular complexity index is 1010. The summed E-state index contributed by atoms with van der Waals surface area (Å²) >= 11 is 0. The molecule has 9 nitrogen and oxygen atoms in total. The zero-order valence-electron chi connectivity index (χ0n) is 33.7. The van der Waals surface area contributed by atoms with Crippen molar-refractivity contribution in [2.45, 2.75) is 187 Å². The number of carbonyl (C=O) groups excluding carboxylic acids is 2. The van der Waals surface area contributed by atoms with Crippen molar-refractivity contribution >= 4 is 19.7 Å². The van der Waals surface area contributed by atoms with Crippen LogP contribution < -0.4 is 5.32 Å². The number of amides is 1. The smallest absolute Gasteiger partial charge is 0.463 e. The quantitative estimate of drug-likeness (QED) is 0.0244. The third-order valence-corrected chi connectivity index (χ3v) is 9.75. The molecule has 0 aromatic heterocycles. The molecular formula is C43H78NO8P. The molecule has 53 heavy (non-hydrogen) atoms. The molecule has 0 spiro atoms. The van der Waals surface area contributed by atoms with Gasteiger partial charge in [-0.3, -0.25) is 18.6 Å². The van der Waals surface area contributed by atoms with E-state index < -0.39 is 26.5 Å². The van der Waals surface area contributed by atoms with E-state index in [2.05, 4.69) is 67.8 Å². The van der Waals surface area contributed by atoms with E-state index in [4.69, 9.17) is 13.8 Å². The fourth-order valence-electron chi connectivity index (χ4n) is 5.54. The zero-order valence-corrected chi connectivity index (χ0v) is 34.6. The number of aliphatic hydroxyl groups excluding tert-OH is 1. The lowest BCUT2D eigenvalue weighted by Gasteiger charge is -2.15. The van der Waals surface area contributed by atoms with Gasteiger partial charge in [0.05, 0.1) is 13.2 Å². The molecule has 0 aliphatic carbocycles. The molecule has 2 unspecified atom stereocenters. The molecule has 0 saturated heterocycles. The van der Waals surface area contributed by atoms with Crippen LogP contribution in [0.25, 0.3) is 0 Å². The van der Waals surface area contributed by atoms with E-state index in [1.165, 1.54) is 89.9 Å². The average molecular weight is 768 g/mol. The summed E-state index contributed by atoms with van der Waals surface area (Å²) < 4.78 is 26.8. The Balaban J connectivity index is 3.67. The number of ether oxygens (including phenoxy) is 1. The van der Waals surface area contributed by atoms with Crippen LogP contribution in [0.2, 0.25) is 0 Å². The van der Waals surface area contributed by atoms with E-state index in [-0.39, 0.29) is 32.1 Å². The van der Waals surface area contributed by atoms with Gasteiger partial charge in [0, 0.05) is 19.4 Å². The van der Waals surface area contributed by atoms with E-state index in [9.17, 15) is 24.2 Å².